The normalized spacial score (nSPS) is 18.8. The van der Waals surface area contributed by atoms with Crippen LogP contribution in [0.3, 0.4) is 0 Å². The summed E-state index contributed by atoms with van der Waals surface area (Å²) in [6, 6.07) is 3.97. The van der Waals surface area contributed by atoms with Gasteiger partial charge in [-0.1, -0.05) is 11.6 Å². The van der Waals surface area contributed by atoms with Crippen molar-refractivity contribution in [3.63, 3.8) is 0 Å². The molecule has 2 saturated carbocycles. The van der Waals surface area contributed by atoms with E-state index in [1.807, 2.05) is 17.9 Å². The molecule has 2 aliphatic carbocycles. The molecule has 1 aromatic rings. The molecule has 2 aliphatic rings. The van der Waals surface area contributed by atoms with Gasteiger partial charge in [-0.25, -0.2) is 4.98 Å². The smallest absolute Gasteiger partial charge is 0.254 e. The van der Waals surface area contributed by atoms with E-state index in [1.165, 1.54) is 12.8 Å². The third-order valence-corrected chi connectivity index (χ3v) is 3.76. The van der Waals surface area contributed by atoms with Crippen LogP contribution in [0.1, 0.15) is 41.7 Å². The van der Waals surface area contributed by atoms with E-state index < -0.39 is 0 Å². The van der Waals surface area contributed by atoms with Crippen molar-refractivity contribution < 1.29 is 4.79 Å². The number of hydrogen-bond donors (Lipinski definition) is 0. The maximum atomic E-state index is 12.5. The predicted molar refractivity (Wildman–Crippen MR) is 70.8 cm³/mol. The molecule has 1 amide bonds. The lowest BCUT2D eigenvalue weighted by atomic mass is 10.2. The standard InChI is InChI=1S/C14H17ClN2O/c1-9-6-11(7-13(15)16-9)14(18)17(12-4-5-12)8-10-2-3-10/h6-7,10,12H,2-5,8H2,1H3. The molecule has 1 heterocycles. The summed E-state index contributed by atoms with van der Waals surface area (Å²) in [6.07, 6.45) is 4.84. The number of pyridine rings is 1. The summed E-state index contributed by atoms with van der Waals surface area (Å²) in [5.74, 6) is 0.852. The van der Waals surface area contributed by atoms with Crippen LogP contribution in [-0.2, 0) is 0 Å². The van der Waals surface area contributed by atoms with Crippen molar-refractivity contribution in [2.75, 3.05) is 6.54 Å². The van der Waals surface area contributed by atoms with Crippen LogP contribution in [0.4, 0.5) is 0 Å². The van der Waals surface area contributed by atoms with Crippen LogP contribution in [-0.4, -0.2) is 28.4 Å². The van der Waals surface area contributed by atoms with Crippen LogP contribution < -0.4 is 0 Å². The fourth-order valence-electron chi connectivity index (χ4n) is 2.28. The molecule has 0 aliphatic heterocycles. The minimum absolute atomic E-state index is 0.122. The zero-order valence-electron chi connectivity index (χ0n) is 10.5. The van der Waals surface area contributed by atoms with Gasteiger partial charge in [0.1, 0.15) is 5.15 Å². The highest BCUT2D eigenvalue weighted by Crippen LogP contribution is 2.35. The first-order chi connectivity index (χ1) is 8.63. The van der Waals surface area contributed by atoms with Gasteiger partial charge in [-0.05, 0) is 50.7 Å². The van der Waals surface area contributed by atoms with Gasteiger partial charge in [0.25, 0.3) is 5.91 Å². The first-order valence-corrected chi connectivity index (χ1v) is 6.96. The predicted octanol–water partition coefficient (Wildman–Crippen LogP) is 3.06. The molecule has 0 N–H and O–H groups in total. The van der Waals surface area contributed by atoms with E-state index in [1.54, 1.807) is 6.07 Å². The summed E-state index contributed by atoms with van der Waals surface area (Å²) >= 11 is 5.93. The molecule has 0 spiro atoms. The van der Waals surface area contributed by atoms with Gasteiger partial charge in [-0.15, -0.1) is 0 Å². The number of nitrogens with zero attached hydrogens (tertiary/aromatic N) is 2. The molecule has 0 radical (unpaired) electrons. The third kappa shape index (κ3) is 2.66. The number of aromatic nitrogens is 1. The lowest BCUT2D eigenvalue weighted by Gasteiger charge is -2.22. The van der Waals surface area contributed by atoms with Gasteiger partial charge in [0, 0.05) is 23.8 Å². The highest BCUT2D eigenvalue weighted by Gasteiger charge is 2.36. The van der Waals surface area contributed by atoms with E-state index in [9.17, 15) is 4.79 Å². The maximum absolute atomic E-state index is 12.5. The fraction of sp³-hybridized carbons (Fsp3) is 0.571. The molecule has 1 aromatic heterocycles. The Morgan fingerprint density at radius 3 is 2.67 bits per heavy atom. The Bertz CT molecular complexity index is 460. The molecule has 4 heteroatoms. The molecular formula is C14H17ClN2O. The number of carbonyl (C=O) groups is 1. The van der Waals surface area contributed by atoms with Crippen LogP contribution in [0.2, 0.25) is 5.15 Å². The first-order valence-electron chi connectivity index (χ1n) is 6.58. The molecule has 2 fully saturated rings. The topological polar surface area (TPSA) is 33.2 Å². The lowest BCUT2D eigenvalue weighted by Crippen LogP contribution is -2.35. The number of carbonyl (C=O) groups excluding carboxylic acids is 1. The van der Waals surface area contributed by atoms with E-state index in [-0.39, 0.29) is 5.91 Å². The zero-order chi connectivity index (χ0) is 12.7. The SMILES string of the molecule is Cc1cc(C(=O)N(CC2CC2)C2CC2)cc(Cl)n1. The Hall–Kier alpha value is -1.09. The molecule has 96 valence electrons. The second-order valence-corrected chi connectivity index (χ2v) is 5.84. The maximum Gasteiger partial charge on any atom is 0.254 e. The van der Waals surface area contributed by atoms with Crippen molar-refractivity contribution in [1.29, 1.82) is 0 Å². The fourth-order valence-corrected chi connectivity index (χ4v) is 2.53. The number of amides is 1. The van der Waals surface area contributed by atoms with Gasteiger partial charge < -0.3 is 4.90 Å². The van der Waals surface area contributed by atoms with Gasteiger partial charge in [0.05, 0.1) is 0 Å². The van der Waals surface area contributed by atoms with Crippen molar-refractivity contribution in [3.05, 3.63) is 28.5 Å². The summed E-state index contributed by atoms with van der Waals surface area (Å²) < 4.78 is 0. The number of aryl methyl sites for hydroxylation is 1. The highest BCUT2D eigenvalue weighted by molar-refractivity contribution is 6.29. The largest absolute Gasteiger partial charge is 0.335 e. The molecule has 3 nitrogen and oxygen atoms in total. The molecule has 0 aromatic carbocycles. The first kappa shape index (κ1) is 12.0. The summed E-state index contributed by atoms with van der Waals surface area (Å²) in [5, 5.41) is 0.403. The number of hydrogen-bond acceptors (Lipinski definition) is 2. The molecule has 0 unspecified atom stereocenters. The van der Waals surface area contributed by atoms with Crippen LogP contribution in [0.5, 0.6) is 0 Å². The Kier molecular flexibility index (Phi) is 3.02. The molecule has 18 heavy (non-hydrogen) atoms. The Morgan fingerprint density at radius 2 is 2.11 bits per heavy atom. The summed E-state index contributed by atoms with van der Waals surface area (Å²) in [6.45, 7) is 2.79. The highest BCUT2D eigenvalue weighted by atomic mass is 35.5. The minimum atomic E-state index is 0.122. The number of rotatable bonds is 4. The van der Waals surface area contributed by atoms with Gasteiger partial charge in [-0.3, -0.25) is 4.79 Å². The van der Waals surface area contributed by atoms with E-state index in [0.717, 1.165) is 31.0 Å². The van der Waals surface area contributed by atoms with Gasteiger partial charge in [0.2, 0.25) is 0 Å². The van der Waals surface area contributed by atoms with Crippen molar-refractivity contribution in [1.82, 2.24) is 9.88 Å². The van der Waals surface area contributed by atoms with E-state index in [0.29, 0.717) is 16.8 Å². The van der Waals surface area contributed by atoms with E-state index in [4.69, 9.17) is 11.6 Å². The van der Waals surface area contributed by atoms with Gasteiger partial charge in [0.15, 0.2) is 0 Å². The molecule has 0 bridgehead atoms. The van der Waals surface area contributed by atoms with Gasteiger partial charge >= 0.3 is 0 Å². The van der Waals surface area contributed by atoms with Crippen molar-refractivity contribution in [2.24, 2.45) is 5.92 Å². The third-order valence-electron chi connectivity index (χ3n) is 3.57. The van der Waals surface area contributed by atoms with E-state index >= 15 is 0 Å². The zero-order valence-corrected chi connectivity index (χ0v) is 11.3. The Balaban J connectivity index is 1.81. The van der Waals surface area contributed by atoms with Crippen molar-refractivity contribution >= 4 is 17.5 Å². The summed E-state index contributed by atoms with van der Waals surface area (Å²) in [4.78, 5) is 18.7. The summed E-state index contributed by atoms with van der Waals surface area (Å²) in [7, 11) is 0. The second kappa shape index (κ2) is 4.54. The van der Waals surface area contributed by atoms with Gasteiger partial charge in [-0.2, -0.15) is 0 Å². The molecule has 0 saturated heterocycles. The average Bonchev–Trinajstić information content (AvgIpc) is 3.15. The van der Waals surface area contributed by atoms with Crippen LogP contribution >= 0.6 is 11.6 Å². The Morgan fingerprint density at radius 1 is 1.39 bits per heavy atom. The van der Waals surface area contributed by atoms with E-state index in [2.05, 4.69) is 4.98 Å². The van der Waals surface area contributed by atoms with Crippen LogP contribution in [0, 0.1) is 12.8 Å². The average molecular weight is 265 g/mol. The van der Waals surface area contributed by atoms with Crippen molar-refractivity contribution in [3.8, 4) is 0 Å². The van der Waals surface area contributed by atoms with Crippen LogP contribution in [0.15, 0.2) is 12.1 Å². The van der Waals surface area contributed by atoms with Crippen molar-refractivity contribution in [2.45, 2.75) is 38.6 Å². The molecular weight excluding hydrogens is 248 g/mol. The summed E-state index contributed by atoms with van der Waals surface area (Å²) in [5.41, 5.74) is 1.48. The quantitative estimate of drug-likeness (QED) is 0.783. The minimum Gasteiger partial charge on any atom is -0.335 e. The molecule has 0 atom stereocenters. The lowest BCUT2D eigenvalue weighted by molar-refractivity contribution is 0.0734. The number of halogens is 1. The van der Waals surface area contributed by atoms with Crippen LogP contribution in [0.25, 0.3) is 0 Å². The second-order valence-electron chi connectivity index (χ2n) is 5.45. The Labute approximate surface area is 112 Å². The molecule has 3 rings (SSSR count). The monoisotopic (exact) mass is 264 g/mol.